The maximum Gasteiger partial charge on any atom is 0.284 e. The SMILES string of the molecule is Cc1csc(Sc2ccc(C(=O)N3CCN(c4ccc(Cl)cn4)CC3)cc2[N+](=O)[O-])n1. The van der Waals surface area contributed by atoms with Crippen molar-refractivity contribution in [1.82, 2.24) is 14.9 Å². The number of pyridine rings is 1. The lowest BCUT2D eigenvalue weighted by molar-refractivity contribution is -0.387. The molecule has 0 unspecified atom stereocenters. The van der Waals surface area contributed by atoms with Crippen LogP contribution in [0.25, 0.3) is 0 Å². The van der Waals surface area contributed by atoms with Gasteiger partial charge in [-0.25, -0.2) is 9.97 Å². The molecule has 0 saturated carbocycles. The van der Waals surface area contributed by atoms with E-state index in [2.05, 4.69) is 14.9 Å². The molecule has 4 rings (SSSR count). The molecule has 0 spiro atoms. The molecule has 1 aromatic carbocycles. The Balaban J connectivity index is 1.46. The maximum absolute atomic E-state index is 13.0. The van der Waals surface area contributed by atoms with E-state index >= 15 is 0 Å². The molecule has 8 nitrogen and oxygen atoms in total. The minimum atomic E-state index is -0.455. The van der Waals surface area contributed by atoms with Gasteiger partial charge in [0.15, 0.2) is 4.34 Å². The number of thiazole rings is 1. The second kappa shape index (κ2) is 9.21. The van der Waals surface area contributed by atoms with E-state index in [1.54, 1.807) is 29.3 Å². The van der Waals surface area contributed by atoms with E-state index in [9.17, 15) is 14.9 Å². The Kier molecular flexibility index (Phi) is 6.40. The monoisotopic (exact) mass is 475 g/mol. The summed E-state index contributed by atoms with van der Waals surface area (Å²) in [4.78, 5) is 37.1. The van der Waals surface area contributed by atoms with Crippen LogP contribution in [0.15, 0.2) is 51.1 Å². The van der Waals surface area contributed by atoms with Gasteiger partial charge in [-0.1, -0.05) is 23.4 Å². The average molecular weight is 476 g/mol. The number of aryl methyl sites for hydroxylation is 1. The van der Waals surface area contributed by atoms with Gasteiger partial charge in [0.2, 0.25) is 0 Å². The van der Waals surface area contributed by atoms with Crippen molar-refractivity contribution in [3.8, 4) is 0 Å². The van der Waals surface area contributed by atoms with Crippen molar-refractivity contribution in [2.24, 2.45) is 0 Å². The summed E-state index contributed by atoms with van der Waals surface area (Å²) < 4.78 is 0.728. The highest BCUT2D eigenvalue weighted by atomic mass is 35.5. The normalized spacial score (nSPS) is 14.0. The summed E-state index contributed by atoms with van der Waals surface area (Å²) in [5, 5.41) is 14.1. The lowest BCUT2D eigenvalue weighted by Gasteiger charge is -2.35. The topological polar surface area (TPSA) is 92.5 Å². The Morgan fingerprint density at radius 1 is 1.23 bits per heavy atom. The van der Waals surface area contributed by atoms with Crippen molar-refractivity contribution < 1.29 is 9.72 Å². The number of amides is 1. The van der Waals surface area contributed by atoms with Crippen LogP contribution in [0.4, 0.5) is 11.5 Å². The van der Waals surface area contributed by atoms with E-state index < -0.39 is 4.92 Å². The number of halogens is 1. The first kappa shape index (κ1) is 21.5. The van der Waals surface area contributed by atoms with Gasteiger partial charge in [-0.05, 0) is 31.2 Å². The van der Waals surface area contributed by atoms with Gasteiger partial charge in [0, 0.05) is 55.1 Å². The van der Waals surface area contributed by atoms with E-state index in [0.29, 0.717) is 41.7 Å². The lowest BCUT2D eigenvalue weighted by atomic mass is 10.1. The molecule has 11 heteroatoms. The molecule has 2 aromatic heterocycles. The molecule has 3 heterocycles. The fourth-order valence-corrected chi connectivity index (χ4v) is 5.22. The van der Waals surface area contributed by atoms with Crippen LogP contribution < -0.4 is 4.90 Å². The predicted octanol–water partition coefficient (Wildman–Crippen LogP) is 4.52. The molecule has 0 atom stereocenters. The number of carbonyl (C=O) groups is 1. The highest BCUT2D eigenvalue weighted by Gasteiger charge is 2.25. The van der Waals surface area contributed by atoms with Crippen LogP contribution in [0.3, 0.4) is 0 Å². The highest BCUT2D eigenvalue weighted by molar-refractivity contribution is 8.01. The number of hydrogen-bond donors (Lipinski definition) is 0. The van der Waals surface area contributed by atoms with E-state index in [4.69, 9.17) is 11.6 Å². The number of carbonyl (C=O) groups excluding carboxylic acids is 1. The molecule has 0 N–H and O–H groups in total. The zero-order valence-electron chi connectivity index (χ0n) is 16.5. The summed E-state index contributed by atoms with van der Waals surface area (Å²) >= 11 is 8.56. The number of benzene rings is 1. The van der Waals surface area contributed by atoms with Crippen molar-refractivity contribution >= 4 is 52.1 Å². The Bertz CT molecular complexity index is 1110. The van der Waals surface area contributed by atoms with Gasteiger partial charge in [-0.3, -0.25) is 14.9 Å². The van der Waals surface area contributed by atoms with Gasteiger partial charge >= 0.3 is 0 Å². The number of piperazine rings is 1. The van der Waals surface area contributed by atoms with Crippen LogP contribution in [0.2, 0.25) is 5.02 Å². The maximum atomic E-state index is 13.0. The van der Waals surface area contributed by atoms with Crippen LogP contribution in [0.5, 0.6) is 0 Å². The van der Waals surface area contributed by atoms with Crippen LogP contribution in [0, 0.1) is 17.0 Å². The fraction of sp³-hybridized carbons (Fsp3) is 0.250. The predicted molar refractivity (Wildman–Crippen MR) is 121 cm³/mol. The summed E-state index contributed by atoms with van der Waals surface area (Å²) in [7, 11) is 0. The first-order chi connectivity index (χ1) is 14.9. The van der Waals surface area contributed by atoms with E-state index in [0.717, 1.165) is 15.9 Å². The molecule has 31 heavy (non-hydrogen) atoms. The molecule has 160 valence electrons. The third-order valence-corrected chi connectivity index (χ3v) is 7.15. The third-order valence-electron chi connectivity index (χ3n) is 4.80. The van der Waals surface area contributed by atoms with Crippen LogP contribution in [-0.2, 0) is 0 Å². The first-order valence-electron chi connectivity index (χ1n) is 9.45. The third kappa shape index (κ3) is 4.97. The molecule has 3 aromatic rings. The largest absolute Gasteiger partial charge is 0.353 e. The van der Waals surface area contributed by atoms with Gasteiger partial charge in [-0.2, -0.15) is 0 Å². The summed E-state index contributed by atoms with van der Waals surface area (Å²) in [6.45, 7) is 4.14. The average Bonchev–Trinajstić information content (AvgIpc) is 3.18. The van der Waals surface area contributed by atoms with Crippen LogP contribution in [-0.4, -0.2) is 51.9 Å². The smallest absolute Gasteiger partial charge is 0.284 e. The summed E-state index contributed by atoms with van der Waals surface area (Å²) in [6, 6.07) is 8.26. The van der Waals surface area contributed by atoms with Crippen molar-refractivity contribution in [2.45, 2.75) is 16.2 Å². The molecule has 1 saturated heterocycles. The number of anilines is 1. The molecule has 0 aliphatic carbocycles. The van der Waals surface area contributed by atoms with Gasteiger partial charge in [0.1, 0.15) is 5.82 Å². The van der Waals surface area contributed by atoms with Gasteiger partial charge in [0.25, 0.3) is 11.6 Å². The number of nitrogens with zero attached hydrogens (tertiary/aromatic N) is 5. The summed E-state index contributed by atoms with van der Waals surface area (Å²) in [5.41, 5.74) is 1.09. The fourth-order valence-electron chi connectivity index (χ4n) is 3.23. The second-order valence-corrected chi connectivity index (χ2v) is 9.49. The number of hydrogen-bond acceptors (Lipinski definition) is 8. The lowest BCUT2D eigenvalue weighted by Crippen LogP contribution is -2.49. The van der Waals surface area contributed by atoms with Crippen molar-refractivity contribution in [1.29, 1.82) is 0 Å². The van der Waals surface area contributed by atoms with E-state index in [-0.39, 0.29) is 11.6 Å². The molecular formula is C20H18ClN5O3S2. The Morgan fingerprint density at radius 2 is 2.00 bits per heavy atom. The molecule has 0 radical (unpaired) electrons. The number of nitro groups is 1. The zero-order chi connectivity index (χ0) is 22.0. The number of rotatable bonds is 5. The van der Waals surface area contributed by atoms with Gasteiger partial charge in [0.05, 0.1) is 14.8 Å². The van der Waals surface area contributed by atoms with Crippen molar-refractivity contribution in [3.05, 3.63) is 68.3 Å². The van der Waals surface area contributed by atoms with Gasteiger partial charge < -0.3 is 9.80 Å². The summed E-state index contributed by atoms with van der Waals surface area (Å²) in [5.74, 6) is 0.597. The number of aromatic nitrogens is 2. The molecular weight excluding hydrogens is 458 g/mol. The van der Waals surface area contributed by atoms with Crippen molar-refractivity contribution in [3.63, 3.8) is 0 Å². The Hall–Kier alpha value is -2.69. The van der Waals surface area contributed by atoms with Gasteiger partial charge in [-0.15, -0.1) is 11.3 Å². The minimum Gasteiger partial charge on any atom is -0.353 e. The zero-order valence-corrected chi connectivity index (χ0v) is 18.9. The number of nitro benzene ring substituents is 1. The summed E-state index contributed by atoms with van der Waals surface area (Å²) in [6.07, 6.45) is 1.60. The molecule has 1 aliphatic heterocycles. The van der Waals surface area contributed by atoms with Crippen molar-refractivity contribution in [2.75, 3.05) is 31.1 Å². The Labute approximate surface area is 192 Å². The van der Waals surface area contributed by atoms with Crippen LogP contribution in [0.1, 0.15) is 16.1 Å². The molecule has 1 amide bonds. The first-order valence-corrected chi connectivity index (χ1v) is 11.5. The van der Waals surface area contributed by atoms with E-state index in [1.165, 1.54) is 29.2 Å². The highest BCUT2D eigenvalue weighted by Crippen LogP contribution is 2.37. The quantitative estimate of drug-likeness (QED) is 0.395. The molecule has 1 fully saturated rings. The second-order valence-electron chi connectivity index (χ2n) is 6.91. The molecule has 1 aliphatic rings. The minimum absolute atomic E-state index is 0.0901. The Morgan fingerprint density at radius 3 is 2.61 bits per heavy atom. The van der Waals surface area contributed by atoms with Crippen LogP contribution >= 0.6 is 34.7 Å². The van der Waals surface area contributed by atoms with E-state index in [1.807, 2.05) is 18.4 Å². The molecule has 0 bridgehead atoms. The standard InChI is InChI=1S/C20H18ClN5O3S2/c1-13-12-30-20(23-13)31-17-4-2-14(10-16(17)26(28)29)19(27)25-8-6-24(7-9-25)18-5-3-15(21)11-22-18/h2-5,10-12H,6-9H2,1H3.